The first kappa shape index (κ1) is 26.2. The molecule has 0 aliphatic heterocycles. The Morgan fingerprint density at radius 2 is 1.44 bits per heavy atom. The van der Waals surface area contributed by atoms with Crippen LogP contribution in [0.1, 0.15) is 30.1 Å². The van der Waals surface area contributed by atoms with E-state index >= 15 is 0 Å². The van der Waals surface area contributed by atoms with Gasteiger partial charge in [0.15, 0.2) is 0 Å². The van der Waals surface area contributed by atoms with Crippen LogP contribution in [-0.2, 0) is 4.79 Å². The number of hydrogen-bond acceptors (Lipinski definition) is 3. The van der Waals surface area contributed by atoms with Crippen LogP contribution < -0.4 is 5.43 Å². The summed E-state index contributed by atoms with van der Waals surface area (Å²) in [4.78, 5) is 12.5. The van der Waals surface area contributed by atoms with Crippen molar-refractivity contribution in [3.8, 4) is 28.2 Å². The fraction of sp³-hybridized carbons (Fsp3) is 0.0909. The number of aliphatic hydroxyl groups is 1. The highest BCUT2D eigenvalue weighted by Gasteiger charge is 2.19. The van der Waals surface area contributed by atoms with Gasteiger partial charge >= 0.3 is 0 Å². The second-order valence-electron chi connectivity index (χ2n) is 9.14. The minimum atomic E-state index is -0.701. The highest BCUT2D eigenvalue weighted by Crippen LogP contribution is 2.35. The zero-order chi connectivity index (χ0) is 27.0. The Bertz CT molecular complexity index is 1550. The Labute approximate surface area is 233 Å². The number of carbonyl (C=O) groups excluding carboxylic acids is 1. The van der Waals surface area contributed by atoms with E-state index in [4.69, 9.17) is 11.6 Å². The van der Waals surface area contributed by atoms with Crippen LogP contribution in [-0.4, -0.2) is 21.8 Å². The van der Waals surface area contributed by atoms with E-state index in [1.54, 1.807) is 6.21 Å². The summed E-state index contributed by atoms with van der Waals surface area (Å²) in [6, 6.07) is 39.3. The van der Waals surface area contributed by atoms with Gasteiger partial charge in [0.2, 0.25) is 5.91 Å². The van der Waals surface area contributed by atoms with Crippen LogP contribution in [0.3, 0.4) is 0 Å². The van der Waals surface area contributed by atoms with Crippen molar-refractivity contribution in [2.45, 2.75) is 18.9 Å². The number of carbonyl (C=O) groups is 1. The molecule has 1 heterocycles. The van der Waals surface area contributed by atoms with E-state index in [9.17, 15) is 9.90 Å². The molecule has 0 radical (unpaired) electrons. The molecular formula is C33H28ClN3O2. The zero-order valence-electron chi connectivity index (χ0n) is 21.2. The predicted molar refractivity (Wildman–Crippen MR) is 158 cm³/mol. The van der Waals surface area contributed by atoms with Gasteiger partial charge in [-0.25, -0.2) is 5.43 Å². The van der Waals surface area contributed by atoms with Gasteiger partial charge in [-0.3, -0.25) is 4.79 Å². The van der Waals surface area contributed by atoms with Gasteiger partial charge in [-0.1, -0.05) is 103 Å². The smallest absolute Gasteiger partial charge is 0.240 e. The third-order valence-electron chi connectivity index (χ3n) is 6.45. The summed E-state index contributed by atoms with van der Waals surface area (Å²) in [7, 11) is 0. The molecule has 1 atom stereocenters. The molecule has 0 bridgehead atoms. The van der Waals surface area contributed by atoms with Gasteiger partial charge in [0.05, 0.1) is 23.7 Å². The number of aliphatic hydroxyl groups excluding tert-OH is 1. The SMILES string of the molecule is O=C(CC[C@H](O)c1ccccc1)N/N=C\c1cc(-c2ccccc2)n(-c2ccc(Cl)cc2)c1-c1ccccc1. The van der Waals surface area contributed by atoms with Gasteiger partial charge in [-0.05, 0) is 53.4 Å². The maximum Gasteiger partial charge on any atom is 0.240 e. The lowest BCUT2D eigenvalue weighted by Gasteiger charge is -2.15. The van der Waals surface area contributed by atoms with Crippen molar-refractivity contribution in [2.24, 2.45) is 5.10 Å². The molecule has 194 valence electrons. The molecule has 0 unspecified atom stereocenters. The van der Waals surface area contributed by atoms with Crippen molar-refractivity contribution in [1.29, 1.82) is 0 Å². The van der Waals surface area contributed by atoms with Crippen molar-refractivity contribution in [3.63, 3.8) is 0 Å². The largest absolute Gasteiger partial charge is 0.388 e. The Morgan fingerprint density at radius 3 is 2.08 bits per heavy atom. The number of aromatic nitrogens is 1. The summed E-state index contributed by atoms with van der Waals surface area (Å²) in [5, 5.41) is 15.3. The maximum absolute atomic E-state index is 12.5. The number of benzene rings is 4. The van der Waals surface area contributed by atoms with E-state index in [1.807, 2.05) is 91.0 Å². The lowest BCUT2D eigenvalue weighted by molar-refractivity contribution is -0.121. The third-order valence-corrected chi connectivity index (χ3v) is 6.71. The first-order valence-electron chi connectivity index (χ1n) is 12.8. The standard InChI is InChI=1S/C33H28ClN3O2/c34-28-16-18-29(19-17-28)37-30(24-10-4-1-5-11-24)22-27(33(37)26-14-8-3-9-15-26)23-35-36-32(39)21-20-31(38)25-12-6-2-7-13-25/h1-19,22-23,31,38H,20-21H2,(H,36,39)/b35-23-/t31-/m0/s1. The number of hydrazone groups is 1. The van der Waals surface area contributed by atoms with Crippen LogP contribution >= 0.6 is 11.6 Å². The number of rotatable bonds is 9. The molecule has 1 amide bonds. The molecule has 39 heavy (non-hydrogen) atoms. The summed E-state index contributed by atoms with van der Waals surface area (Å²) in [6.07, 6.45) is 1.44. The monoisotopic (exact) mass is 533 g/mol. The predicted octanol–water partition coefficient (Wildman–Crippen LogP) is 7.43. The fourth-order valence-corrected chi connectivity index (χ4v) is 4.67. The molecule has 0 aliphatic rings. The van der Waals surface area contributed by atoms with Crippen LogP contribution in [0.4, 0.5) is 0 Å². The number of amides is 1. The third kappa shape index (κ3) is 6.34. The summed E-state index contributed by atoms with van der Waals surface area (Å²) >= 11 is 6.21. The summed E-state index contributed by atoms with van der Waals surface area (Å²) in [5.41, 5.74) is 9.19. The molecule has 1 aromatic heterocycles. The normalized spacial score (nSPS) is 11.9. The Balaban J connectivity index is 1.46. The van der Waals surface area contributed by atoms with Crippen LogP contribution in [0, 0.1) is 0 Å². The summed E-state index contributed by atoms with van der Waals surface area (Å²) < 4.78 is 2.18. The van der Waals surface area contributed by atoms with Crippen molar-refractivity contribution in [2.75, 3.05) is 0 Å². The van der Waals surface area contributed by atoms with Gasteiger partial charge in [0, 0.05) is 22.7 Å². The molecule has 4 aromatic carbocycles. The Hall–Kier alpha value is -4.45. The molecule has 0 aliphatic carbocycles. The van der Waals surface area contributed by atoms with E-state index in [-0.39, 0.29) is 12.3 Å². The molecule has 0 fully saturated rings. The first-order chi connectivity index (χ1) is 19.1. The highest BCUT2D eigenvalue weighted by atomic mass is 35.5. The molecule has 2 N–H and O–H groups in total. The molecule has 5 aromatic rings. The number of hydrogen-bond donors (Lipinski definition) is 2. The van der Waals surface area contributed by atoms with Gasteiger partial charge in [-0.15, -0.1) is 0 Å². The van der Waals surface area contributed by atoms with E-state index in [0.29, 0.717) is 11.4 Å². The average molecular weight is 534 g/mol. The van der Waals surface area contributed by atoms with Gasteiger partial charge < -0.3 is 9.67 Å². The highest BCUT2D eigenvalue weighted by molar-refractivity contribution is 6.30. The number of nitrogens with zero attached hydrogens (tertiary/aromatic N) is 2. The van der Waals surface area contributed by atoms with Crippen molar-refractivity contribution in [1.82, 2.24) is 9.99 Å². The molecule has 5 rings (SSSR count). The topological polar surface area (TPSA) is 66.6 Å². The van der Waals surface area contributed by atoms with E-state index in [1.165, 1.54) is 0 Å². The maximum atomic E-state index is 12.5. The first-order valence-corrected chi connectivity index (χ1v) is 13.2. The minimum Gasteiger partial charge on any atom is -0.388 e. The molecule has 6 heteroatoms. The van der Waals surface area contributed by atoms with Crippen LogP contribution in [0.5, 0.6) is 0 Å². The second kappa shape index (κ2) is 12.4. The van der Waals surface area contributed by atoms with Crippen molar-refractivity contribution in [3.05, 3.63) is 137 Å². The summed E-state index contributed by atoms with van der Waals surface area (Å²) in [5.74, 6) is -0.261. The molecule has 0 saturated heterocycles. The van der Waals surface area contributed by atoms with E-state index in [0.717, 1.165) is 39.3 Å². The second-order valence-corrected chi connectivity index (χ2v) is 9.57. The average Bonchev–Trinajstić information content (AvgIpc) is 3.37. The lowest BCUT2D eigenvalue weighted by Crippen LogP contribution is -2.18. The van der Waals surface area contributed by atoms with Crippen LogP contribution in [0.2, 0.25) is 5.02 Å². The lowest BCUT2D eigenvalue weighted by atomic mass is 10.1. The van der Waals surface area contributed by atoms with Crippen LogP contribution in [0.15, 0.2) is 126 Å². The van der Waals surface area contributed by atoms with Crippen molar-refractivity contribution >= 4 is 23.7 Å². The number of nitrogens with one attached hydrogen (secondary N) is 1. The quantitative estimate of drug-likeness (QED) is 0.153. The minimum absolute atomic E-state index is 0.153. The van der Waals surface area contributed by atoms with E-state index in [2.05, 4.69) is 45.4 Å². The van der Waals surface area contributed by atoms with Gasteiger partial charge in [0.1, 0.15) is 0 Å². The van der Waals surface area contributed by atoms with E-state index < -0.39 is 6.10 Å². The van der Waals surface area contributed by atoms with Gasteiger partial charge in [-0.2, -0.15) is 5.10 Å². The summed E-state index contributed by atoms with van der Waals surface area (Å²) in [6.45, 7) is 0. The Morgan fingerprint density at radius 1 is 0.846 bits per heavy atom. The molecule has 0 spiro atoms. The zero-order valence-corrected chi connectivity index (χ0v) is 22.0. The number of halogens is 1. The van der Waals surface area contributed by atoms with Gasteiger partial charge in [0.25, 0.3) is 0 Å². The molecule has 5 nitrogen and oxygen atoms in total. The van der Waals surface area contributed by atoms with Crippen molar-refractivity contribution < 1.29 is 9.90 Å². The van der Waals surface area contributed by atoms with Crippen LogP contribution in [0.25, 0.3) is 28.2 Å². The molecular weight excluding hydrogens is 506 g/mol. The fourth-order valence-electron chi connectivity index (χ4n) is 4.54. The Kier molecular flexibility index (Phi) is 8.32. The molecule has 0 saturated carbocycles.